The maximum atomic E-state index is 6.61. The molecule has 0 bridgehead atoms. The van der Waals surface area contributed by atoms with Gasteiger partial charge in [-0.1, -0.05) is 84.9 Å². The molecule has 4 rings (SSSR count). The Morgan fingerprint density at radius 3 is 1.23 bits per heavy atom. The average molecular weight is 433 g/mol. The molecule has 3 heteroatoms. The van der Waals surface area contributed by atoms with Crippen molar-refractivity contribution in [2.75, 3.05) is 6.61 Å². The molecular formula is C27H26ClOP. The van der Waals surface area contributed by atoms with Crippen LogP contribution in [0.5, 0.6) is 0 Å². The zero-order valence-electron chi connectivity index (χ0n) is 17.1. The zero-order valence-corrected chi connectivity index (χ0v) is 18.7. The smallest absolute Gasteiger partial charge is 0.206 e. The van der Waals surface area contributed by atoms with Gasteiger partial charge in [0.2, 0.25) is 5.85 Å². The van der Waals surface area contributed by atoms with E-state index in [0.717, 1.165) is 0 Å². The third kappa shape index (κ3) is 4.20. The highest BCUT2D eigenvalue weighted by Crippen LogP contribution is 2.67. The molecule has 30 heavy (non-hydrogen) atoms. The number of hydrogen-bond donors (Lipinski definition) is 0. The summed E-state index contributed by atoms with van der Waals surface area (Å²) in [7, 11) is -2.12. The van der Waals surface area contributed by atoms with Crippen molar-refractivity contribution < 1.29 is 17.1 Å². The first kappa shape index (κ1) is 22.2. The number of rotatable bonds is 7. The highest BCUT2D eigenvalue weighted by molar-refractivity contribution is 7.95. The average Bonchev–Trinajstić information content (AvgIpc) is 2.82. The lowest BCUT2D eigenvalue weighted by Gasteiger charge is -2.34. The van der Waals surface area contributed by atoms with E-state index in [0.29, 0.717) is 6.61 Å². The number of benzene rings is 4. The van der Waals surface area contributed by atoms with Crippen LogP contribution in [0.25, 0.3) is 0 Å². The Kier molecular flexibility index (Phi) is 7.82. The van der Waals surface area contributed by atoms with Gasteiger partial charge in [-0.05, 0) is 43.3 Å². The molecule has 1 nitrogen and oxygen atoms in total. The first-order chi connectivity index (χ1) is 14.4. The molecule has 0 aliphatic carbocycles. The fourth-order valence-corrected chi connectivity index (χ4v) is 8.68. The van der Waals surface area contributed by atoms with Crippen LogP contribution in [0, 0.1) is 0 Å². The van der Waals surface area contributed by atoms with E-state index in [1.807, 2.05) is 0 Å². The summed E-state index contributed by atoms with van der Waals surface area (Å²) in [4.78, 5) is 0. The van der Waals surface area contributed by atoms with E-state index in [-0.39, 0.29) is 18.3 Å². The fourth-order valence-electron chi connectivity index (χ4n) is 4.05. The van der Waals surface area contributed by atoms with E-state index in [1.165, 1.54) is 21.5 Å². The Morgan fingerprint density at radius 2 is 0.900 bits per heavy atom. The molecule has 152 valence electrons. The van der Waals surface area contributed by atoms with Gasteiger partial charge in [0.05, 0.1) is 0 Å². The first-order valence-electron chi connectivity index (χ1n) is 10.1. The van der Waals surface area contributed by atoms with Gasteiger partial charge in [-0.2, -0.15) is 0 Å². The molecule has 0 saturated heterocycles. The summed E-state index contributed by atoms with van der Waals surface area (Å²) in [5.74, 6) is -0.0547. The molecule has 0 radical (unpaired) electrons. The largest absolute Gasteiger partial charge is 1.00 e. The molecule has 4 aromatic carbocycles. The van der Waals surface area contributed by atoms with Crippen molar-refractivity contribution >= 4 is 23.2 Å². The number of hydrogen-bond acceptors (Lipinski definition) is 1. The molecule has 0 aromatic heterocycles. The maximum absolute atomic E-state index is 6.61. The summed E-state index contributed by atoms with van der Waals surface area (Å²) >= 11 is 0. The second-order valence-corrected chi connectivity index (χ2v) is 10.4. The van der Waals surface area contributed by atoms with Crippen molar-refractivity contribution in [2.45, 2.75) is 12.8 Å². The van der Waals surface area contributed by atoms with Crippen LogP contribution in [0.4, 0.5) is 0 Å². The van der Waals surface area contributed by atoms with Gasteiger partial charge in [-0.3, -0.25) is 0 Å². The Labute approximate surface area is 186 Å². The summed E-state index contributed by atoms with van der Waals surface area (Å²) in [6.45, 7) is 2.75. The highest BCUT2D eigenvalue weighted by atomic mass is 35.5. The highest BCUT2D eigenvalue weighted by Gasteiger charge is 2.54. The fraction of sp³-hybridized carbons (Fsp3) is 0.111. The predicted octanol–water partition coefficient (Wildman–Crippen LogP) is 2.72. The van der Waals surface area contributed by atoms with E-state index in [1.54, 1.807) is 0 Å². The van der Waals surface area contributed by atoms with Gasteiger partial charge in [0, 0.05) is 12.2 Å². The molecular weight excluding hydrogens is 407 g/mol. The molecule has 0 spiro atoms. The standard InChI is InChI=1S/C27H26OP.ClH/c1-2-28-27(23-15-7-3-8-16-23)29(24-17-9-4-10-18-24,25-19-11-5-12-20-25)26-21-13-6-14-22-26;/h3-22,27H,2H2,1H3;1H/q+1;/p-1. The van der Waals surface area contributed by atoms with Crippen molar-refractivity contribution in [1.82, 2.24) is 0 Å². The molecule has 0 aliphatic rings. The van der Waals surface area contributed by atoms with Crippen LogP contribution in [0.15, 0.2) is 121 Å². The minimum absolute atomic E-state index is 0. The normalized spacial score (nSPS) is 12.0. The quantitative estimate of drug-likeness (QED) is 0.408. The van der Waals surface area contributed by atoms with E-state index in [9.17, 15) is 0 Å². The summed E-state index contributed by atoms with van der Waals surface area (Å²) in [5.41, 5.74) is 1.22. The monoisotopic (exact) mass is 432 g/mol. The lowest BCUT2D eigenvalue weighted by Crippen LogP contribution is -3.00. The number of ether oxygens (including phenoxy) is 1. The second-order valence-electron chi connectivity index (χ2n) is 6.95. The van der Waals surface area contributed by atoms with E-state index in [4.69, 9.17) is 4.74 Å². The Bertz CT molecular complexity index is 911. The van der Waals surface area contributed by atoms with Gasteiger partial charge >= 0.3 is 0 Å². The van der Waals surface area contributed by atoms with Crippen LogP contribution < -0.4 is 28.3 Å². The molecule has 1 unspecified atom stereocenters. The van der Waals surface area contributed by atoms with Crippen molar-refractivity contribution in [2.24, 2.45) is 0 Å². The van der Waals surface area contributed by atoms with Crippen LogP contribution >= 0.6 is 7.26 Å². The first-order valence-corrected chi connectivity index (χ1v) is 11.9. The Hall–Kier alpha value is -2.44. The van der Waals surface area contributed by atoms with Crippen LogP contribution in [-0.2, 0) is 4.74 Å². The summed E-state index contributed by atoms with van der Waals surface area (Å²) < 4.78 is 6.61. The SMILES string of the molecule is CCOC(c1ccccc1)[P+](c1ccccc1)(c1ccccc1)c1ccccc1.[Cl-]. The van der Waals surface area contributed by atoms with Gasteiger partial charge in [0.25, 0.3) is 0 Å². The van der Waals surface area contributed by atoms with E-state index in [2.05, 4.69) is 128 Å². The van der Waals surface area contributed by atoms with Gasteiger partial charge in [-0.15, -0.1) is 0 Å². The summed E-state index contributed by atoms with van der Waals surface area (Å²) in [6.07, 6.45) is 0. The van der Waals surface area contributed by atoms with Crippen LogP contribution in [0.2, 0.25) is 0 Å². The van der Waals surface area contributed by atoms with Crippen LogP contribution in [0.3, 0.4) is 0 Å². The molecule has 0 N–H and O–H groups in total. The second kappa shape index (κ2) is 10.5. The van der Waals surface area contributed by atoms with Crippen molar-refractivity contribution in [3.8, 4) is 0 Å². The third-order valence-electron chi connectivity index (χ3n) is 5.25. The minimum atomic E-state index is -2.12. The summed E-state index contributed by atoms with van der Waals surface area (Å²) in [5, 5.41) is 4.00. The Balaban J connectivity index is 0.00000256. The predicted molar refractivity (Wildman–Crippen MR) is 126 cm³/mol. The van der Waals surface area contributed by atoms with E-state index < -0.39 is 7.26 Å². The number of halogens is 1. The van der Waals surface area contributed by atoms with Gasteiger partial charge in [0.1, 0.15) is 23.2 Å². The Morgan fingerprint density at radius 1 is 0.567 bits per heavy atom. The molecule has 0 aliphatic heterocycles. The molecule has 0 heterocycles. The van der Waals surface area contributed by atoms with E-state index >= 15 is 0 Å². The van der Waals surface area contributed by atoms with Crippen molar-refractivity contribution in [3.05, 3.63) is 127 Å². The lowest BCUT2D eigenvalue weighted by molar-refractivity contribution is -0.00000642. The third-order valence-corrected chi connectivity index (χ3v) is 9.74. The lowest BCUT2D eigenvalue weighted by atomic mass is 10.2. The van der Waals surface area contributed by atoms with Gasteiger partial charge in [-0.25, -0.2) is 0 Å². The molecule has 0 fully saturated rings. The van der Waals surface area contributed by atoms with Crippen molar-refractivity contribution in [1.29, 1.82) is 0 Å². The maximum Gasteiger partial charge on any atom is 0.206 e. The topological polar surface area (TPSA) is 9.23 Å². The zero-order chi connectivity index (χ0) is 19.9. The van der Waals surface area contributed by atoms with Gasteiger partial charge in [0.15, 0.2) is 0 Å². The van der Waals surface area contributed by atoms with Crippen LogP contribution in [0.1, 0.15) is 18.3 Å². The molecule has 1 atom stereocenters. The summed E-state index contributed by atoms with van der Waals surface area (Å²) in [6, 6.07) is 43.4. The van der Waals surface area contributed by atoms with Gasteiger partial charge < -0.3 is 17.1 Å². The van der Waals surface area contributed by atoms with Crippen LogP contribution in [-0.4, -0.2) is 6.61 Å². The molecule has 4 aromatic rings. The molecule has 0 saturated carbocycles. The van der Waals surface area contributed by atoms with Crippen molar-refractivity contribution in [3.63, 3.8) is 0 Å². The molecule has 0 amide bonds. The minimum Gasteiger partial charge on any atom is -1.00 e.